The van der Waals surface area contributed by atoms with Gasteiger partial charge in [0.15, 0.2) is 0 Å². The van der Waals surface area contributed by atoms with Crippen LogP contribution in [0.25, 0.3) is 32.3 Å². The van der Waals surface area contributed by atoms with Crippen LogP contribution in [-0.2, 0) is 6.42 Å². The summed E-state index contributed by atoms with van der Waals surface area (Å²) in [6, 6.07) is 44.0. The predicted molar refractivity (Wildman–Crippen MR) is 169 cm³/mol. The van der Waals surface area contributed by atoms with Crippen molar-refractivity contribution in [1.82, 2.24) is 0 Å². The third-order valence-electron chi connectivity index (χ3n) is 10.8. The molecule has 0 amide bonds. The number of hydrogen-bond acceptors (Lipinski definition) is 1. The molecule has 1 heteroatoms. The Hall–Kier alpha value is -4.41. The number of rotatable bonds is 3. The largest absolute Gasteiger partial charge is 0.198 e. The lowest BCUT2D eigenvalue weighted by Gasteiger charge is -2.40. The molecule has 0 aliphatic heterocycles. The van der Waals surface area contributed by atoms with Crippen LogP contribution in [0, 0.1) is 16.7 Å². The average molecular weight is 526 g/mol. The fourth-order valence-corrected chi connectivity index (χ4v) is 9.44. The third-order valence-corrected chi connectivity index (χ3v) is 10.8. The fourth-order valence-electron chi connectivity index (χ4n) is 9.44. The van der Waals surface area contributed by atoms with E-state index in [1.165, 1.54) is 65.7 Å². The second kappa shape index (κ2) is 8.08. The summed E-state index contributed by atoms with van der Waals surface area (Å²) < 4.78 is 0. The molecule has 6 aromatic carbocycles. The lowest BCUT2D eigenvalue weighted by atomic mass is 9.62. The van der Waals surface area contributed by atoms with Gasteiger partial charge in [-0.3, -0.25) is 0 Å². The van der Waals surface area contributed by atoms with Crippen LogP contribution in [0.2, 0.25) is 0 Å². The van der Waals surface area contributed by atoms with Gasteiger partial charge in [-0.15, -0.1) is 0 Å². The summed E-state index contributed by atoms with van der Waals surface area (Å²) in [6.45, 7) is 4.33. The average Bonchev–Trinajstić information content (AvgIpc) is 3.65. The third kappa shape index (κ3) is 2.95. The van der Waals surface area contributed by atoms with Gasteiger partial charge in [-0.05, 0) is 104 Å². The van der Waals surface area contributed by atoms with Crippen molar-refractivity contribution in [2.24, 2.45) is 5.41 Å². The molecule has 6 aromatic rings. The molecule has 41 heavy (non-hydrogen) atoms. The van der Waals surface area contributed by atoms with Gasteiger partial charge in [-0.2, -0.15) is 5.26 Å². The maximum Gasteiger partial charge on any atom is 0.0690 e. The maximum absolute atomic E-state index is 10.6. The predicted octanol–water partition coefficient (Wildman–Crippen LogP) is 10.1. The van der Waals surface area contributed by atoms with Crippen LogP contribution >= 0.6 is 0 Å². The summed E-state index contributed by atoms with van der Waals surface area (Å²) in [4.78, 5) is 0. The molecule has 0 aromatic heterocycles. The van der Waals surface area contributed by atoms with E-state index in [1.807, 2.05) is 0 Å². The van der Waals surface area contributed by atoms with E-state index in [-0.39, 0.29) is 17.8 Å². The standard InChI is InChI=1S/C40H31N/c1-40(2,22-41)39-31-20-8-14-25-13-7-19-30(35(25)31)38(39)37-29-18-6-12-24-11-5-17-28(34(24)29)36(37)32-21-26-15-3-9-23-10-4-16-27(32)33(23)26/h3-20,32,36-39H,21H2,1-2H3/t32-,36+,37-,38-,39+/m1/s1. The van der Waals surface area contributed by atoms with Crippen molar-refractivity contribution in [3.63, 3.8) is 0 Å². The zero-order chi connectivity index (χ0) is 27.5. The maximum atomic E-state index is 10.6. The minimum Gasteiger partial charge on any atom is -0.198 e. The van der Waals surface area contributed by atoms with Gasteiger partial charge in [-0.1, -0.05) is 109 Å². The summed E-state index contributed by atoms with van der Waals surface area (Å²) in [5.74, 6) is 1.34. The smallest absolute Gasteiger partial charge is 0.0690 e. The molecule has 0 spiro atoms. The van der Waals surface area contributed by atoms with Gasteiger partial charge in [0.2, 0.25) is 0 Å². The van der Waals surface area contributed by atoms with E-state index in [0.29, 0.717) is 11.8 Å². The summed E-state index contributed by atoms with van der Waals surface area (Å²) >= 11 is 0. The van der Waals surface area contributed by atoms with E-state index in [9.17, 15) is 5.26 Å². The van der Waals surface area contributed by atoms with Crippen molar-refractivity contribution in [1.29, 1.82) is 5.26 Å². The Balaban J connectivity index is 1.34. The van der Waals surface area contributed by atoms with Crippen LogP contribution in [0.1, 0.15) is 76.8 Å². The quantitative estimate of drug-likeness (QED) is 0.225. The zero-order valence-electron chi connectivity index (χ0n) is 23.4. The van der Waals surface area contributed by atoms with Crippen LogP contribution in [0.4, 0.5) is 0 Å². The van der Waals surface area contributed by atoms with Gasteiger partial charge in [-0.25, -0.2) is 0 Å². The molecule has 1 nitrogen and oxygen atoms in total. The van der Waals surface area contributed by atoms with Gasteiger partial charge in [0.05, 0.1) is 11.5 Å². The Bertz CT molecular complexity index is 2090. The Morgan fingerprint density at radius 1 is 0.537 bits per heavy atom. The first kappa shape index (κ1) is 23.3. The number of nitriles is 1. The van der Waals surface area contributed by atoms with E-state index in [0.717, 1.165) is 6.42 Å². The van der Waals surface area contributed by atoms with Gasteiger partial charge in [0.1, 0.15) is 0 Å². The molecule has 3 aliphatic rings. The first-order valence-electron chi connectivity index (χ1n) is 15.0. The van der Waals surface area contributed by atoms with Crippen LogP contribution in [-0.4, -0.2) is 0 Å². The van der Waals surface area contributed by atoms with E-state index in [2.05, 4.69) is 129 Å². The highest BCUT2D eigenvalue weighted by Crippen LogP contribution is 2.67. The summed E-state index contributed by atoms with van der Waals surface area (Å²) in [5.41, 5.74) is 8.23. The van der Waals surface area contributed by atoms with Crippen molar-refractivity contribution in [2.45, 2.75) is 49.9 Å². The van der Waals surface area contributed by atoms with Crippen LogP contribution in [0.15, 0.2) is 109 Å². The van der Waals surface area contributed by atoms with E-state index >= 15 is 0 Å². The Morgan fingerprint density at radius 2 is 1.00 bits per heavy atom. The van der Waals surface area contributed by atoms with Crippen LogP contribution in [0.3, 0.4) is 0 Å². The molecule has 0 fully saturated rings. The van der Waals surface area contributed by atoms with Crippen molar-refractivity contribution >= 4 is 32.3 Å². The molecule has 0 radical (unpaired) electrons. The van der Waals surface area contributed by atoms with Crippen molar-refractivity contribution in [3.05, 3.63) is 143 Å². The Kier molecular flexibility index (Phi) is 4.59. The van der Waals surface area contributed by atoms with Crippen LogP contribution < -0.4 is 0 Å². The summed E-state index contributed by atoms with van der Waals surface area (Å²) in [7, 11) is 0. The summed E-state index contributed by atoms with van der Waals surface area (Å²) in [5, 5.41) is 18.9. The molecule has 0 bridgehead atoms. The summed E-state index contributed by atoms with van der Waals surface area (Å²) in [6.07, 6.45) is 1.07. The Labute approximate surface area is 241 Å². The molecule has 0 saturated heterocycles. The second-order valence-corrected chi connectivity index (χ2v) is 13.1. The molecule has 0 unspecified atom stereocenters. The highest BCUT2D eigenvalue weighted by molar-refractivity contribution is 5.97. The van der Waals surface area contributed by atoms with Crippen molar-refractivity contribution in [2.75, 3.05) is 0 Å². The molecular formula is C40H31N. The number of hydrogen-bond donors (Lipinski definition) is 0. The van der Waals surface area contributed by atoms with Gasteiger partial charge >= 0.3 is 0 Å². The zero-order valence-corrected chi connectivity index (χ0v) is 23.4. The molecule has 0 saturated carbocycles. The molecule has 5 atom stereocenters. The molecule has 0 heterocycles. The number of benzene rings is 6. The molecule has 3 aliphatic carbocycles. The molecular weight excluding hydrogens is 494 g/mol. The normalized spacial score (nSPS) is 24.0. The topological polar surface area (TPSA) is 23.8 Å². The lowest BCUT2D eigenvalue weighted by Crippen LogP contribution is -2.29. The van der Waals surface area contributed by atoms with E-state index in [4.69, 9.17) is 0 Å². The van der Waals surface area contributed by atoms with E-state index < -0.39 is 5.41 Å². The minimum absolute atomic E-state index is 0.116. The second-order valence-electron chi connectivity index (χ2n) is 13.1. The fraction of sp³-hybridized carbons (Fsp3) is 0.225. The lowest BCUT2D eigenvalue weighted by molar-refractivity contribution is 0.287. The van der Waals surface area contributed by atoms with Gasteiger partial charge in [0, 0.05) is 11.8 Å². The van der Waals surface area contributed by atoms with Gasteiger partial charge in [0.25, 0.3) is 0 Å². The first-order chi connectivity index (χ1) is 20.1. The first-order valence-corrected chi connectivity index (χ1v) is 15.0. The highest BCUT2D eigenvalue weighted by atomic mass is 14.6. The number of nitrogens with zero attached hydrogens (tertiary/aromatic N) is 1. The minimum atomic E-state index is -0.510. The van der Waals surface area contributed by atoms with Crippen molar-refractivity contribution in [3.8, 4) is 6.07 Å². The van der Waals surface area contributed by atoms with Crippen molar-refractivity contribution < 1.29 is 0 Å². The van der Waals surface area contributed by atoms with Gasteiger partial charge < -0.3 is 0 Å². The SMILES string of the molecule is CC(C)(C#N)[C@H]1c2cccc3cccc(c23)[C@@H]1[C@@H]1c2cccc3cccc(c23)[C@H]1[C@@H]1Cc2cccc3cccc1c23. The Morgan fingerprint density at radius 3 is 1.61 bits per heavy atom. The van der Waals surface area contributed by atoms with E-state index in [1.54, 1.807) is 0 Å². The monoisotopic (exact) mass is 525 g/mol. The molecule has 9 rings (SSSR count). The highest BCUT2D eigenvalue weighted by Gasteiger charge is 2.53. The van der Waals surface area contributed by atoms with Crippen LogP contribution in [0.5, 0.6) is 0 Å². The molecule has 196 valence electrons. The molecule has 0 N–H and O–H groups in total.